The van der Waals surface area contributed by atoms with E-state index in [9.17, 15) is 18.0 Å². The lowest BCUT2D eigenvalue weighted by molar-refractivity contribution is 0.0526. The van der Waals surface area contributed by atoms with E-state index in [1.165, 1.54) is 11.5 Å². The van der Waals surface area contributed by atoms with Crippen LogP contribution in [0, 0.1) is 0 Å². The summed E-state index contributed by atoms with van der Waals surface area (Å²) in [4.78, 5) is 27.1. The van der Waals surface area contributed by atoms with Crippen molar-refractivity contribution in [3.63, 3.8) is 0 Å². The first-order chi connectivity index (χ1) is 9.41. The van der Waals surface area contributed by atoms with E-state index in [-0.39, 0.29) is 23.1 Å². The molecule has 1 aromatic rings. The number of carbonyl (C=O) groups is 2. The van der Waals surface area contributed by atoms with Crippen LogP contribution >= 0.6 is 11.3 Å². The van der Waals surface area contributed by atoms with E-state index in [1.54, 1.807) is 6.92 Å². The Morgan fingerprint density at radius 1 is 1.55 bits per heavy atom. The van der Waals surface area contributed by atoms with E-state index in [4.69, 9.17) is 4.74 Å². The second-order valence-corrected chi connectivity index (χ2v) is 6.79. The van der Waals surface area contributed by atoms with E-state index in [1.807, 2.05) is 0 Å². The first-order valence-corrected chi connectivity index (χ1v) is 8.35. The number of aromatic nitrogens is 1. The molecule has 7 nitrogen and oxygen atoms in total. The molecule has 20 heavy (non-hydrogen) atoms. The third-order valence-corrected chi connectivity index (χ3v) is 4.65. The maximum absolute atomic E-state index is 11.9. The number of carbonyl (C=O) groups excluding carboxylic acids is 2. The van der Waals surface area contributed by atoms with Gasteiger partial charge < -0.3 is 10.1 Å². The summed E-state index contributed by atoms with van der Waals surface area (Å²) >= 11 is 1.00. The minimum absolute atomic E-state index is 0.0655. The molecule has 108 valence electrons. The molecule has 1 N–H and O–H groups in total. The number of amides is 1. The van der Waals surface area contributed by atoms with Crippen molar-refractivity contribution in [1.82, 2.24) is 10.3 Å². The summed E-state index contributed by atoms with van der Waals surface area (Å²) in [6.45, 7) is 1.90. The van der Waals surface area contributed by atoms with Crippen LogP contribution in [0.15, 0.2) is 16.9 Å². The highest BCUT2D eigenvalue weighted by Crippen LogP contribution is 2.13. The number of sulfone groups is 1. The van der Waals surface area contributed by atoms with Gasteiger partial charge in [-0.15, -0.1) is 11.3 Å². The predicted octanol–water partition coefficient (Wildman–Crippen LogP) is 0.360. The van der Waals surface area contributed by atoms with Gasteiger partial charge in [-0.3, -0.25) is 4.79 Å². The summed E-state index contributed by atoms with van der Waals surface area (Å²) in [5.74, 6) is -1.27. The zero-order valence-electron chi connectivity index (χ0n) is 10.5. The summed E-state index contributed by atoms with van der Waals surface area (Å²) < 4.78 is 27.2. The Balaban J connectivity index is 2.00. The van der Waals surface area contributed by atoms with Crippen LogP contribution in [0.25, 0.3) is 0 Å². The molecule has 0 saturated carbocycles. The molecular formula is C11H12N2O5S2. The van der Waals surface area contributed by atoms with Gasteiger partial charge in [0, 0.05) is 10.8 Å². The first kappa shape index (κ1) is 14.7. The van der Waals surface area contributed by atoms with Crippen LogP contribution in [-0.4, -0.2) is 43.7 Å². The second kappa shape index (κ2) is 5.71. The van der Waals surface area contributed by atoms with E-state index < -0.39 is 27.8 Å². The highest BCUT2D eigenvalue weighted by Gasteiger charge is 2.24. The number of nitrogens with one attached hydrogen (secondary N) is 1. The van der Waals surface area contributed by atoms with Gasteiger partial charge >= 0.3 is 5.97 Å². The van der Waals surface area contributed by atoms with Gasteiger partial charge in [-0.05, 0) is 13.0 Å². The highest BCUT2D eigenvalue weighted by atomic mass is 32.2. The van der Waals surface area contributed by atoms with Gasteiger partial charge in [0.25, 0.3) is 5.91 Å². The standard InChI is InChI=1S/C11H12N2O5S2/c1-2-18-11(15)10-13-8(5-19-10)9(14)12-7-3-4-20(16,17)6-7/h3-5,7H,2,6H2,1H3,(H,12,14). The van der Waals surface area contributed by atoms with Gasteiger partial charge in [-0.25, -0.2) is 18.2 Å². The molecule has 1 amide bonds. The van der Waals surface area contributed by atoms with Gasteiger partial charge in [-0.2, -0.15) is 0 Å². The van der Waals surface area contributed by atoms with Gasteiger partial charge in [-0.1, -0.05) is 0 Å². The van der Waals surface area contributed by atoms with Crippen molar-refractivity contribution in [1.29, 1.82) is 0 Å². The Kier molecular flexibility index (Phi) is 4.19. The summed E-state index contributed by atoms with van der Waals surface area (Å²) in [7, 11) is -3.23. The quantitative estimate of drug-likeness (QED) is 0.805. The van der Waals surface area contributed by atoms with Crippen LogP contribution in [0.3, 0.4) is 0 Å². The zero-order valence-corrected chi connectivity index (χ0v) is 12.2. The third kappa shape index (κ3) is 3.42. The Bertz CT molecular complexity index is 662. The summed E-state index contributed by atoms with van der Waals surface area (Å²) in [5.41, 5.74) is 0.0655. The molecule has 0 spiro atoms. The van der Waals surface area contributed by atoms with E-state index in [0.29, 0.717) is 0 Å². The van der Waals surface area contributed by atoms with Crippen molar-refractivity contribution in [3.8, 4) is 0 Å². The maximum atomic E-state index is 11.9. The molecule has 0 bridgehead atoms. The van der Waals surface area contributed by atoms with E-state index in [0.717, 1.165) is 16.7 Å². The molecule has 0 fully saturated rings. The van der Waals surface area contributed by atoms with Crippen molar-refractivity contribution in [2.45, 2.75) is 13.0 Å². The predicted molar refractivity (Wildman–Crippen MR) is 72.3 cm³/mol. The first-order valence-electron chi connectivity index (χ1n) is 5.76. The zero-order chi connectivity index (χ0) is 14.8. The second-order valence-electron chi connectivity index (χ2n) is 4.00. The number of esters is 1. The fraction of sp³-hybridized carbons (Fsp3) is 0.364. The lowest BCUT2D eigenvalue weighted by atomic mass is 10.3. The maximum Gasteiger partial charge on any atom is 0.367 e. The topological polar surface area (TPSA) is 102 Å². The Hall–Kier alpha value is -1.74. The monoisotopic (exact) mass is 316 g/mol. The van der Waals surface area contributed by atoms with Crippen molar-refractivity contribution in [2.24, 2.45) is 0 Å². The summed E-state index contributed by atoms with van der Waals surface area (Å²) in [6.07, 6.45) is 1.41. The Morgan fingerprint density at radius 3 is 2.90 bits per heavy atom. The average molecular weight is 316 g/mol. The van der Waals surface area contributed by atoms with Gasteiger partial charge in [0.15, 0.2) is 9.84 Å². The van der Waals surface area contributed by atoms with E-state index in [2.05, 4.69) is 10.3 Å². The normalized spacial score (nSPS) is 19.8. The molecule has 2 rings (SSSR count). The van der Waals surface area contributed by atoms with Gasteiger partial charge in [0.2, 0.25) is 5.01 Å². The molecule has 0 saturated heterocycles. The molecule has 0 aliphatic carbocycles. The fourth-order valence-corrected chi connectivity index (χ4v) is 3.50. The number of ether oxygens (including phenoxy) is 1. The van der Waals surface area contributed by atoms with E-state index >= 15 is 0 Å². The van der Waals surface area contributed by atoms with Crippen LogP contribution in [-0.2, 0) is 14.6 Å². The number of rotatable bonds is 4. The molecule has 1 atom stereocenters. The number of nitrogens with zero attached hydrogens (tertiary/aromatic N) is 1. The van der Waals surface area contributed by atoms with Crippen molar-refractivity contribution in [2.75, 3.05) is 12.4 Å². The SMILES string of the molecule is CCOC(=O)c1nc(C(=O)NC2C=CS(=O)(=O)C2)cs1. The van der Waals surface area contributed by atoms with Gasteiger partial charge in [0.05, 0.1) is 18.4 Å². The largest absolute Gasteiger partial charge is 0.461 e. The molecule has 1 aromatic heterocycles. The van der Waals surface area contributed by atoms with Crippen molar-refractivity contribution < 1.29 is 22.7 Å². The Morgan fingerprint density at radius 2 is 2.30 bits per heavy atom. The molecule has 2 heterocycles. The van der Waals surface area contributed by atoms with Crippen LogP contribution in [0.4, 0.5) is 0 Å². The molecule has 9 heteroatoms. The van der Waals surface area contributed by atoms with Crippen molar-refractivity contribution >= 4 is 33.1 Å². The molecule has 0 radical (unpaired) electrons. The average Bonchev–Trinajstić information content (AvgIpc) is 2.96. The molecule has 1 aliphatic heterocycles. The summed E-state index contributed by atoms with van der Waals surface area (Å²) in [6, 6.07) is -0.569. The van der Waals surface area contributed by atoms with Crippen LogP contribution in [0.5, 0.6) is 0 Å². The minimum Gasteiger partial charge on any atom is -0.461 e. The lowest BCUT2D eigenvalue weighted by Gasteiger charge is -2.07. The minimum atomic E-state index is -3.23. The molecule has 1 unspecified atom stereocenters. The van der Waals surface area contributed by atoms with Gasteiger partial charge in [0.1, 0.15) is 5.69 Å². The molecule has 0 aromatic carbocycles. The third-order valence-electron chi connectivity index (χ3n) is 2.43. The fourth-order valence-electron chi connectivity index (χ4n) is 1.57. The lowest BCUT2D eigenvalue weighted by Crippen LogP contribution is -2.35. The number of hydrogen-bond donors (Lipinski definition) is 1. The van der Waals surface area contributed by atoms with Crippen LogP contribution in [0.1, 0.15) is 27.2 Å². The molecule has 1 aliphatic rings. The highest BCUT2D eigenvalue weighted by molar-refractivity contribution is 7.94. The van der Waals surface area contributed by atoms with Crippen LogP contribution in [0.2, 0.25) is 0 Å². The number of thiazole rings is 1. The molecular weight excluding hydrogens is 304 g/mol. The summed E-state index contributed by atoms with van der Waals surface area (Å²) in [5, 5.41) is 5.11. The Labute approximate surface area is 119 Å². The van der Waals surface area contributed by atoms with Crippen LogP contribution < -0.4 is 5.32 Å². The number of hydrogen-bond acceptors (Lipinski definition) is 7. The van der Waals surface area contributed by atoms with Crippen molar-refractivity contribution in [3.05, 3.63) is 27.6 Å². The smallest absolute Gasteiger partial charge is 0.367 e.